The van der Waals surface area contributed by atoms with E-state index in [-0.39, 0.29) is 0 Å². The topological polar surface area (TPSA) is 38.0 Å². The minimum absolute atomic E-state index is 0.481. The van der Waals surface area contributed by atoms with Gasteiger partial charge in [0.05, 0.1) is 0 Å². The summed E-state index contributed by atoms with van der Waals surface area (Å²) in [6.07, 6.45) is 5.85. The average Bonchev–Trinajstić information content (AvgIpc) is 2.36. The van der Waals surface area contributed by atoms with Crippen LogP contribution in [0.1, 0.15) is 38.7 Å². The van der Waals surface area contributed by atoms with Crippen molar-refractivity contribution in [3.8, 4) is 0 Å². The van der Waals surface area contributed by atoms with E-state index in [1.807, 2.05) is 0 Å². The monoisotopic (exact) mass is 308 g/mol. The molecule has 0 bridgehead atoms. The Morgan fingerprint density at radius 3 is 2.45 bits per heavy atom. The molecule has 0 spiro atoms. The van der Waals surface area contributed by atoms with E-state index < -0.39 is 0 Å². The van der Waals surface area contributed by atoms with Crippen molar-refractivity contribution < 1.29 is 0 Å². The lowest BCUT2D eigenvalue weighted by Gasteiger charge is -2.33. The number of benzene rings is 1. The number of anilines is 1. The zero-order valence-electron chi connectivity index (χ0n) is 12.5. The third-order valence-corrected chi connectivity index (χ3v) is 5.01. The lowest BCUT2D eigenvalue weighted by Crippen LogP contribution is -2.31. The number of nitrogens with two attached hydrogens (primary N) is 1. The molecule has 2 rings (SSSR count). The lowest BCUT2D eigenvalue weighted by atomic mass is 9.80. The Balaban J connectivity index is 2.22. The summed E-state index contributed by atoms with van der Waals surface area (Å²) in [4.78, 5) is 1.63. The van der Waals surface area contributed by atoms with Gasteiger partial charge >= 0.3 is 0 Å². The summed E-state index contributed by atoms with van der Waals surface area (Å²) in [5.74, 6) is 1.57. The van der Waals surface area contributed by atoms with E-state index in [9.17, 15) is 0 Å². The number of hydrogen-bond donors (Lipinski definition) is 2. The van der Waals surface area contributed by atoms with Gasteiger partial charge in [-0.05, 0) is 49.5 Å². The van der Waals surface area contributed by atoms with E-state index in [2.05, 4.69) is 43.6 Å². The molecule has 110 valence electrons. The molecule has 1 aliphatic rings. The van der Waals surface area contributed by atoms with E-state index in [1.54, 1.807) is 11.8 Å². The van der Waals surface area contributed by atoms with Gasteiger partial charge in [-0.25, -0.2) is 0 Å². The molecule has 0 radical (unpaired) electrons. The molecule has 4 heteroatoms. The maximum absolute atomic E-state index is 5.93. The highest BCUT2D eigenvalue weighted by molar-refractivity contribution is 7.98. The van der Waals surface area contributed by atoms with Crippen molar-refractivity contribution in [1.29, 1.82) is 0 Å². The average molecular weight is 309 g/mol. The fourth-order valence-electron chi connectivity index (χ4n) is 3.36. The van der Waals surface area contributed by atoms with Gasteiger partial charge < -0.3 is 11.1 Å². The van der Waals surface area contributed by atoms with Crippen molar-refractivity contribution in [3.63, 3.8) is 0 Å². The summed E-state index contributed by atoms with van der Waals surface area (Å²) in [5, 5.41) is 3.69. The highest BCUT2D eigenvalue weighted by Crippen LogP contribution is 2.33. The van der Waals surface area contributed by atoms with Crippen LogP contribution in [0, 0.1) is 11.8 Å². The van der Waals surface area contributed by atoms with Crippen molar-refractivity contribution in [2.75, 3.05) is 11.6 Å². The van der Waals surface area contributed by atoms with Crippen LogP contribution in [0.25, 0.3) is 0 Å². The molecule has 1 aliphatic carbocycles. The van der Waals surface area contributed by atoms with E-state index in [0.29, 0.717) is 11.0 Å². The second-order valence-electron chi connectivity index (χ2n) is 6.01. The number of thioether (sulfide) groups is 1. The van der Waals surface area contributed by atoms with Gasteiger partial charge in [0.2, 0.25) is 0 Å². The van der Waals surface area contributed by atoms with Crippen LogP contribution >= 0.6 is 24.0 Å². The summed E-state index contributed by atoms with van der Waals surface area (Å²) in [5.41, 5.74) is 8.02. The van der Waals surface area contributed by atoms with Crippen LogP contribution in [0.4, 0.5) is 5.69 Å². The third kappa shape index (κ3) is 3.67. The van der Waals surface area contributed by atoms with E-state index in [0.717, 1.165) is 28.0 Å². The minimum Gasteiger partial charge on any atom is -0.389 e. The first-order valence-corrected chi connectivity index (χ1v) is 8.88. The molecule has 1 aromatic carbocycles. The number of nitrogens with one attached hydrogen (secondary N) is 1. The first-order chi connectivity index (χ1) is 9.51. The Morgan fingerprint density at radius 1 is 1.25 bits per heavy atom. The van der Waals surface area contributed by atoms with Crippen LogP contribution in [0.15, 0.2) is 23.1 Å². The standard InChI is InChI=1S/C16H24N2S2/c1-10-7-11(2)9-12(8-10)18-13-5-4-6-14(20-3)15(13)16(17)19/h4-6,10-12,18H,7-9H2,1-3H3,(H2,17,19). The molecule has 0 amide bonds. The molecule has 2 nitrogen and oxygen atoms in total. The maximum atomic E-state index is 5.93. The normalized spacial score (nSPS) is 26.2. The Kier molecular flexibility index (Phi) is 5.33. The van der Waals surface area contributed by atoms with Gasteiger partial charge in [-0.2, -0.15) is 0 Å². The number of hydrogen-bond acceptors (Lipinski definition) is 3. The zero-order valence-corrected chi connectivity index (χ0v) is 14.1. The third-order valence-electron chi connectivity index (χ3n) is 4.03. The Labute approximate surface area is 131 Å². The first kappa shape index (κ1) is 15.6. The van der Waals surface area contributed by atoms with Gasteiger partial charge in [0.25, 0.3) is 0 Å². The van der Waals surface area contributed by atoms with Crippen LogP contribution < -0.4 is 11.1 Å². The molecule has 2 atom stereocenters. The molecule has 1 aromatic rings. The summed E-state index contributed by atoms with van der Waals surface area (Å²) in [6, 6.07) is 6.78. The Bertz CT molecular complexity index is 477. The minimum atomic E-state index is 0.481. The van der Waals surface area contributed by atoms with E-state index in [4.69, 9.17) is 18.0 Å². The summed E-state index contributed by atoms with van der Waals surface area (Å²) in [7, 11) is 0. The van der Waals surface area contributed by atoms with Crippen molar-refractivity contribution >= 4 is 34.7 Å². The van der Waals surface area contributed by atoms with Crippen LogP contribution in [0.2, 0.25) is 0 Å². The molecule has 0 heterocycles. The Hall–Kier alpha value is -0.740. The molecule has 1 saturated carbocycles. The SMILES string of the molecule is CSc1cccc(NC2CC(C)CC(C)C2)c1C(N)=S. The second-order valence-corrected chi connectivity index (χ2v) is 7.29. The van der Waals surface area contributed by atoms with Gasteiger partial charge in [0.15, 0.2) is 0 Å². The second kappa shape index (κ2) is 6.81. The van der Waals surface area contributed by atoms with Crippen molar-refractivity contribution in [3.05, 3.63) is 23.8 Å². The van der Waals surface area contributed by atoms with Crippen LogP contribution in [-0.4, -0.2) is 17.3 Å². The van der Waals surface area contributed by atoms with Gasteiger partial charge in [-0.3, -0.25) is 0 Å². The van der Waals surface area contributed by atoms with Crippen molar-refractivity contribution in [2.24, 2.45) is 17.6 Å². The molecule has 20 heavy (non-hydrogen) atoms. The van der Waals surface area contributed by atoms with E-state index >= 15 is 0 Å². The van der Waals surface area contributed by atoms with Gasteiger partial charge in [-0.15, -0.1) is 11.8 Å². The highest BCUT2D eigenvalue weighted by atomic mass is 32.2. The molecule has 0 saturated heterocycles. The summed E-state index contributed by atoms with van der Waals surface area (Å²) >= 11 is 6.94. The zero-order chi connectivity index (χ0) is 14.7. The fourth-order valence-corrected chi connectivity index (χ4v) is 4.28. The maximum Gasteiger partial charge on any atom is 0.107 e. The molecule has 2 unspecified atom stereocenters. The molecule has 0 aliphatic heterocycles. The summed E-state index contributed by atoms with van der Waals surface area (Å²) < 4.78 is 0. The number of thiocarbonyl (C=S) groups is 1. The largest absolute Gasteiger partial charge is 0.389 e. The smallest absolute Gasteiger partial charge is 0.107 e. The molecular weight excluding hydrogens is 284 g/mol. The van der Waals surface area contributed by atoms with Crippen molar-refractivity contribution in [1.82, 2.24) is 0 Å². The highest BCUT2D eigenvalue weighted by Gasteiger charge is 2.24. The molecule has 1 fully saturated rings. The summed E-state index contributed by atoms with van der Waals surface area (Å²) in [6.45, 7) is 4.69. The fraction of sp³-hybridized carbons (Fsp3) is 0.562. The predicted octanol–water partition coefficient (Wildman–Crippen LogP) is 4.28. The Morgan fingerprint density at radius 2 is 1.90 bits per heavy atom. The molecular formula is C16H24N2S2. The molecule has 0 aromatic heterocycles. The van der Waals surface area contributed by atoms with Crippen molar-refractivity contribution in [2.45, 2.75) is 44.0 Å². The quantitative estimate of drug-likeness (QED) is 0.643. The van der Waals surface area contributed by atoms with E-state index in [1.165, 1.54) is 19.3 Å². The molecule has 3 N–H and O–H groups in total. The lowest BCUT2D eigenvalue weighted by molar-refractivity contribution is 0.281. The predicted molar refractivity (Wildman–Crippen MR) is 93.7 cm³/mol. The van der Waals surface area contributed by atoms with Crippen LogP contribution in [0.5, 0.6) is 0 Å². The first-order valence-electron chi connectivity index (χ1n) is 7.24. The van der Waals surface area contributed by atoms with Gasteiger partial charge in [0, 0.05) is 22.2 Å². The van der Waals surface area contributed by atoms with Crippen LogP contribution in [0.3, 0.4) is 0 Å². The van der Waals surface area contributed by atoms with Gasteiger partial charge in [0.1, 0.15) is 4.99 Å². The van der Waals surface area contributed by atoms with Gasteiger partial charge in [-0.1, -0.05) is 32.1 Å². The number of rotatable bonds is 4. The van der Waals surface area contributed by atoms with Crippen LogP contribution in [-0.2, 0) is 0 Å².